The highest BCUT2D eigenvalue weighted by molar-refractivity contribution is 4.69. The molecule has 0 bridgehead atoms. The zero-order valence-corrected chi connectivity index (χ0v) is 11.3. The third-order valence-corrected chi connectivity index (χ3v) is 3.81. The van der Waals surface area contributed by atoms with Crippen LogP contribution in [0.5, 0.6) is 0 Å². The maximum Gasteiger partial charge on any atom is 0.0575 e. The Bertz CT molecular complexity index is 148. The highest BCUT2D eigenvalue weighted by Gasteiger charge is 2.17. The van der Waals surface area contributed by atoms with Gasteiger partial charge in [-0.25, -0.2) is 0 Å². The molecule has 0 aliphatic heterocycles. The van der Waals surface area contributed by atoms with Gasteiger partial charge in [0.05, 0.1) is 6.10 Å². The summed E-state index contributed by atoms with van der Waals surface area (Å²) < 4.78 is 5.94. The first-order chi connectivity index (χ1) is 7.83. The normalized spacial score (nSPS) is 25.9. The van der Waals surface area contributed by atoms with Gasteiger partial charge in [0.25, 0.3) is 0 Å². The molecule has 1 aliphatic rings. The maximum atomic E-state index is 5.94. The van der Waals surface area contributed by atoms with E-state index >= 15 is 0 Å². The van der Waals surface area contributed by atoms with Crippen LogP contribution in [0.3, 0.4) is 0 Å². The Morgan fingerprint density at radius 2 is 1.50 bits per heavy atom. The largest absolute Gasteiger partial charge is 0.378 e. The number of ether oxygens (including phenoxy) is 1. The molecular formula is C15H30O. The molecule has 0 saturated heterocycles. The molecule has 96 valence electrons. The summed E-state index contributed by atoms with van der Waals surface area (Å²) in [6.07, 6.45) is 14.1. The molecule has 1 heteroatoms. The summed E-state index contributed by atoms with van der Waals surface area (Å²) in [5.74, 6) is 0.939. The Kier molecular flexibility index (Phi) is 7.92. The zero-order valence-electron chi connectivity index (χ0n) is 11.3. The Morgan fingerprint density at radius 3 is 2.19 bits per heavy atom. The molecule has 0 spiro atoms. The Labute approximate surface area is 102 Å². The van der Waals surface area contributed by atoms with Crippen LogP contribution in [0.1, 0.15) is 78.1 Å². The van der Waals surface area contributed by atoms with Crippen LogP contribution >= 0.6 is 0 Å². The summed E-state index contributed by atoms with van der Waals surface area (Å²) in [4.78, 5) is 0. The lowest BCUT2D eigenvalue weighted by Crippen LogP contribution is -2.20. The molecule has 1 nitrogen and oxygen atoms in total. The van der Waals surface area contributed by atoms with Crippen molar-refractivity contribution in [3.63, 3.8) is 0 Å². The van der Waals surface area contributed by atoms with Crippen LogP contribution in [0.2, 0.25) is 0 Å². The summed E-state index contributed by atoms with van der Waals surface area (Å²) in [5.41, 5.74) is 0. The van der Waals surface area contributed by atoms with Crippen LogP contribution in [0.25, 0.3) is 0 Å². The summed E-state index contributed by atoms with van der Waals surface area (Å²) in [6.45, 7) is 5.64. The molecule has 16 heavy (non-hydrogen) atoms. The highest BCUT2D eigenvalue weighted by Crippen LogP contribution is 2.25. The van der Waals surface area contributed by atoms with E-state index in [1.807, 2.05) is 0 Å². The number of hydrogen-bond acceptors (Lipinski definition) is 1. The minimum atomic E-state index is 0.590. The Morgan fingerprint density at radius 1 is 0.875 bits per heavy atom. The lowest BCUT2D eigenvalue weighted by Gasteiger charge is -2.26. The average Bonchev–Trinajstić information content (AvgIpc) is 2.30. The third kappa shape index (κ3) is 6.52. The highest BCUT2D eigenvalue weighted by atomic mass is 16.5. The molecule has 0 aromatic heterocycles. The van der Waals surface area contributed by atoms with Crippen molar-refractivity contribution in [1.82, 2.24) is 0 Å². The van der Waals surface area contributed by atoms with Gasteiger partial charge >= 0.3 is 0 Å². The molecule has 1 aliphatic carbocycles. The van der Waals surface area contributed by atoms with Crippen molar-refractivity contribution in [3.05, 3.63) is 0 Å². The van der Waals surface area contributed by atoms with Gasteiger partial charge in [-0.05, 0) is 38.0 Å². The van der Waals surface area contributed by atoms with Crippen LogP contribution in [0.4, 0.5) is 0 Å². The van der Waals surface area contributed by atoms with Crippen molar-refractivity contribution in [2.45, 2.75) is 84.2 Å². The van der Waals surface area contributed by atoms with Crippen molar-refractivity contribution >= 4 is 0 Å². The summed E-state index contributed by atoms with van der Waals surface area (Å²) in [6, 6.07) is 0. The molecule has 0 unspecified atom stereocenters. The second-order valence-corrected chi connectivity index (χ2v) is 5.52. The molecule has 0 aromatic carbocycles. The van der Waals surface area contributed by atoms with Gasteiger partial charge in [-0.2, -0.15) is 0 Å². The quantitative estimate of drug-likeness (QED) is 0.532. The fourth-order valence-corrected chi connectivity index (χ4v) is 2.53. The molecule has 0 N–H and O–H groups in total. The SMILES string of the molecule is CCCCCCCCOC1CCC(C)CC1. The molecule has 1 rings (SSSR count). The number of hydrogen-bond donors (Lipinski definition) is 0. The van der Waals surface area contributed by atoms with E-state index in [2.05, 4.69) is 13.8 Å². The van der Waals surface area contributed by atoms with E-state index in [4.69, 9.17) is 4.74 Å². The van der Waals surface area contributed by atoms with Crippen LogP contribution < -0.4 is 0 Å². The summed E-state index contributed by atoms with van der Waals surface area (Å²) >= 11 is 0. The average molecular weight is 226 g/mol. The van der Waals surface area contributed by atoms with Gasteiger partial charge in [-0.1, -0.05) is 46.0 Å². The van der Waals surface area contributed by atoms with Gasteiger partial charge < -0.3 is 4.74 Å². The second kappa shape index (κ2) is 9.04. The first kappa shape index (κ1) is 14.0. The molecule has 0 atom stereocenters. The fourth-order valence-electron chi connectivity index (χ4n) is 2.53. The molecule has 1 fully saturated rings. The Balaban J connectivity index is 1.84. The van der Waals surface area contributed by atoms with Crippen molar-refractivity contribution in [2.75, 3.05) is 6.61 Å². The molecule has 0 aromatic rings. The van der Waals surface area contributed by atoms with Crippen LogP contribution in [-0.4, -0.2) is 12.7 Å². The Hall–Kier alpha value is -0.0400. The minimum absolute atomic E-state index is 0.590. The van der Waals surface area contributed by atoms with E-state index in [-0.39, 0.29) is 0 Å². The number of unbranched alkanes of at least 4 members (excludes halogenated alkanes) is 5. The molecular weight excluding hydrogens is 196 g/mol. The standard InChI is InChI=1S/C15H30O/c1-3-4-5-6-7-8-13-16-15-11-9-14(2)10-12-15/h14-15H,3-13H2,1-2H3. The van der Waals surface area contributed by atoms with E-state index in [9.17, 15) is 0 Å². The van der Waals surface area contributed by atoms with Crippen LogP contribution in [-0.2, 0) is 4.74 Å². The maximum absolute atomic E-state index is 5.94. The molecule has 1 saturated carbocycles. The van der Waals surface area contributed by atoms with Gasteiger partial charge in [-0.3, -0.25) is 0 Å². The van der Waals surface area contributed by atoms with E-state index < -0.39 is 0 Å². The zero-order chi connectivity index (χ0) is 11.6. The molecule has 0 radical (unpaired) electrons. The topological polar surface area (TPSA) is 9.23 Å². The minimum Gasteiger partial charge on any atom is -0.378 e. The van der Waals surface area contributed by atoms with Gasteiger partial charge in [0.2, 0.25) is 0 Å². The van der Waals surface area contributed by atoms with Crippen molar-refractivity contribution < 1.29 is 4.74 Å². The summed E-state index contributed by atoms with van der Waals surface area (Å²) in [7, 11) is 0. The summed E-state index contributed by atoms with van der Waals surface area (Å²) in [5, 5.41) is 0. The van der Waals surface area contributed by atoms with Crippen molar-refractivity contribution in [3.8, 4) is 0 Å². The van der Waals surface area contributed by atoms with Gasteiger partial charge in [-0.15, -0.1) is 0 Å². The predicted molar refractivity (Wildman–Crippen MR) is 70.7 cm³/mol. The monoisotopic (exact) mass is 226 g/mol. The molecule has 0 amide bonds. The smallest absolute Gasteiger partial charge is 0.0575 e. The third-order valence-electron chi connectivity index (χ3n) is 3.81. The molecule has 0 heterocycles. The van der Waals surface area contributed by atoms with Crippen molar-refractivity contribution in [1.29, 1.82) is 0 Å². The van der Waals surface area contributed by atoms with Gasteiger partial charge in [0, 0.05) is 6.61 Å². The lowest BCUT2D eigenvalue weighted by atomic mass is 9.89. The van der Waals surface area contributed by atoms with E-state index in [1.165, 1.54) is 64.2 Å². The van der Waals surface area contributed by atoms with Crippen LogP contribution in [0, 0.1) is 5.92 Å². The first-order valence-electron chi connectivity index (χ1n) is 7.44. The van der Waals surface area contributed by atoms with Gasteiger partial charge in [0.15, 0.2) is 0 Å². The predicted octanol–water partition coefficient (Wildman–Crippen LogP) is 4.94. The number of rotatable bonds is 8. The fraction of sp³-hybridized carbons (Fsp3) is 1.00. The van der Waals surface area contributed by atoms with E-state index in [0.29, 0.717) is 6.10 Å². The van der Waals surface area contributed by atoms with Gasteiger partial charge in [0.1, 0.15) is 0 Å². The second-order valence-electron chi connectivity index (χ2n) is 5.52. The van der Waals surface area contributed by atoms with E-state index in [1.54, 1.807) is 0 Å². The first-order valence-corrected chi connectivity index (χ1v) is 7.44. The van der Waals surface area contributed by atoms with Crippen LogP contribution in [0.15, 0.2) is 0 Å². The lowest BCUT2D eigenvalue weighted by molar-refractivity contribution is 0.0178. The van der Waals surface area contributed by atoms with E-state index in [0.717, 1.165) is 12.5 Å². The van der Waals surface area contributed by atoms with Crippen molar-refractivity contribution in [2.24, 2.45) is 5.92 Å².